The first-order valence-corrected chi connectivity index (χ1v) is 3.05. The van der Waals surface area contributed by atoms with Crippen LogP contribution in [0.3, 0.4) is 0 Å². The molecule has 1 aromatic carbocycles. The van der Waals surface area contributed by atoms with Crippen LogP contribution in [-0.2, 0) is 0 Å². The van der Waals surface area contributed by atoms with E-state index in [-0.39, 0.29) is 16.9 Å². The first-order chi connectivity index (χ1) is 5.65. The van der Waals surface area contributed by atoms with Crippen molar-refractivity contribution >= 4 is 11.4 Å². The van der Waals surface area contributed by atoms with Crippen molar-refractivity contribution in [2.24, 2.45) is 0 Å². The zero-order valence-electron chi connectivity index (χ0n) is 5.94. The summed E-state index contributed by atoms with van der Waals surface area (Å²) in [7, 11) is 0. The van der Waals surface area contributed by atoms with E-state index < -0.39 is 4.92 Å². The number of hydrogen-bond acceptors (Lipinski definition) is 3. The molecule has 5 nitrogen and oxygen atoms in total. The number of hydrogen-bond donors (Lipinski definition) is 0. The van der Waals surface area contributed by atoms with Crippen molar-refractivity contribution in [3.63, 3.8) is 0 Å². The van der Waals surface area contributed by atoms with Crippen molar-refractivity contribution in [1.82, 2.24) is 0 Å². The smallest absolute Gasteiger partial charge is 0.254 e. The number of nitriles is 1. The second-order valence-electron chi connectivity index (χ2n) is 2.10. The van der Waals surface area contributed by atoms with Crippen molar-refractivity contribution in [3.8, 4) is 6.07 Å². The Balaban J connectivity index is 3.23. The summed E-state index contributed by atoms with van der Waals surface area (Å²) in [4.78, 5) is 9.57. The van der Waals surface area contributed by atoms with Gasteiger partial charge in [0.15, 0.2) is 0 Å². The van der Waals surface area contributed by atoms with Gasteiger partial charge in [-0.25, -0.2) is 0 Å². The second kappa shape index (κ2) is 2.88. The average molecular weight is 162 g/mol. The Morgan fingerprint density at radius 2 is 2.25 bits per heavy atom. The summed E-state index contributed by atoms with van der Waals surface area (Å²) in [6.45, 7) is 0. The Morgan fingerprint density at radius 3 is 2.67 bits per heavy atom. The Kier molecular flexibility index (Phi) is 1.92. The van der Waals surface area contributed by atoms with E-state index in [2.05, 4.69) is 0 Å². The molecule has 0 atom stereocenters. The average Bonchev–Trinajstić information content (AvgIpc) is 2.03. The minimum atomic E-state index is -0.649. The fraction of sp³-hybridized carbons (Fsp3) is 0. The predicted molar refractivity (Wildman–Crippen MR) is 41.8 cm³/mol. The van der Waals surface area contributed by atoms with E-state index >= 15 is 0 Å². The Labute approximate surface area is 68.2 Å². The lowest BCUT2D eigenvalue weighted by Gasteiger charge is -2.03. The quantitative estimate of drug-likeness (QED) is 0.467. The molecule has 0 fully saturated rings. The highest BCUT2D eigenvalue weighted by Gasteiger charge is 2.05. The Bertz CT molecular complexity index is 367. The second-order valence-corrected chi connectivity index (χ2v) is 2.10. The molecule has 0 unspecified atom stereocenters. The molecule has 0 aliphatic carbocycles. The van der Waals surface area contributed by atoms with Crippen molar-refractivity contribution in [1.29, 1.82) is 5.26 Å². The van der Waals surface area contributed by atoms with Crippen molar-refractivity contribution in [2.45, 2.75) is 0 Å². The van der Waals surface area contributed by atoms with Crippen LogP contribution in [0.15, 0.2) is 18.2 Å². The van der Waals surface area contributed by atoms with Crippen LogP contribution >= 0.6 is 0 Å². The number of benzene rings is 1. The first kappa shape index (κ1) is 8.01. The van der Waals surface area contributed by atoms with Crippen LogP contribution in [0.5, 0.6) is 0 Å². The third kappa shape index (κ3) is 1.32. The van der Waals surface area contributed by atoms with Crippen LogP contribution in [0.4, 0.5) is 11.4 Å². The van der Waals surface area contributed by atoms with Gasteiger partial charge in [-0.15, -0.1) is 0 Å². The van der Waals surface area contributed by atoms with Gasteiger partial charge >= 0.3 is 0 Å². The first-order valence-electron chi connectivity index (χ1n) is 3.05. The monoisotopic (exact) mass is 162 g/mol. The van der Waals surface area contributed by atoms with E-state index in [1.807, 2.05) is 0 Å². The zero-order valence-corrected chi connectivity index (χ0v) is 5.94. The molecule has 1 N–H and O–H groups in total. The Hall–Kier alpha value is -2.09. The van der Waals surface area contributed by atoms with Crippen LogP contribution in [0, 0.1) is 21.4 Å². The highest BCUT2D eigenvalue weighted by molar-refractivity contribution is 5.63. The third-order valence-corrected chi connectivity index (χ3v) is 1.32. The molecule has 0 amide bonds. The molecule has 5 heteroatoms. The molecule has 0 saturated carbocycles. The summed E-state index contributed by atoms with van der Waals surface area (Å²) in [6.07, 6.45) is 0. The minimum Gasteiger partial charge on any atom is -0.693 e. The number of rotatable bonds is 1. The van der Waals surface area contributed by atoms with Crippen LogP contribution in [0.1, 0.15) is 5.56 Å². The highest BCUT2D eigenvalue weighted by Crippen LogP contribution is 2.26. The SMILES string of the molecule is N#Cc1ccc([N+](=O)[O-])c([NH-])c1. The van der Waals surface area contributed by atoms with E-state index in [4.69, 9.17) is 11.0 Å². The number of nitro groups is 1. The molecule has 0 radical (unpaired) electrons. The van der Waals surface area contributed by atoms with Crippen LogP contribution in [0.25, 0.3) is 5.73 Å². The van der Waals surface area contributed by atoms with Gasteiger partial charge in [-0.2, -0.15) is 5.26 Å². The third-order valence-electron chi connectivity index (χ3n) is 1.32. The molecule has 0 bridgehead atoms. The fourth-order valence-electron chi connectivity index (χ4n) is 0.765. The van der Waals surface area contributed by atoms with E-state index in [1.165, 1.54) is 6.07 Å². The minimum absolute atomic E-state index is 0.237. The Morgan fingerprint density at radius 1 is 1.58 bits per heavy atom. The molecule has 0 aliphatic heterocycles. The summed E-state index contributed by atoms with van der Waals surface area (Å²) in [6, 6.07) is 5.43. The van der Waals surface area contributed by atoms with E-state index in [0.717, 1.165) is 12.1 Å². The molecule has 12 heavy (non-hydrogen) atoms. The lowest BCUT2D eigenvalue weighted by molar-refractivity contribution is -0.383. The standard InChI is InChI=1S/C7H4N3O2/c8-4-5-1-2-7(10(11)12)6(9)3-5/h1-3,9H/q-1. The molecule has 0 heterocycles. The molecule has 0 saturated heterocycles. The molecule has 0 spiro atoms. The zero-order chi connectivity index (χ0) is 9.14. The van der Waals surface area contributed by atoms with E-state index in [0.29, 0.717) is 0 Å². The molecule has 0 aliphatic rings. The van der Waals surface area contributed by atoms with Gasteiger partial charge in [-0.05, 0) is 6.07 Å². The predicted octanol–water partition coefficient (Wildman–Crippen LogP) is 2.15. The largest absolute Gasteiger partial charge is 0.693 e. The molecular weight excluding hydrogens is 158 g/mol. The van der Waals surface area contributed by atoms with Gasteiger partial charge in [0.2, 0.25) is 0 Å². The van der Waals surface area contributed by atoms with Gasteiger partial charge in [0.25, 0.3) is 5.69 Å². The van der Waals surface area contributed by atoms with Gasteiger partial charge in [0.1, 0.15) is 0 Å². The maximum absolute atomic E-state index is 10.2. The lowest BCUT2D eigenvalue weighted by Crippen LogP contribution is -1.87. The topological polar surface area (TPSA) is 90.7 Å². The van der Waals surface area contributed by atoms with Gasteiger partial charge in [-0.3, -0.25) is 10.1 Å². The molecule has 0 aromatic heterocycles. The number of nitro benzene ring substituents is 1. The molecule has 1 aromatic rings. The molecular formula is C7H4N3O2-. The summed E-state index contributed by atoms with van der Waals surface area (Å²) in [5.41, 5.74) is 6.89. The fourth-order valence-corrected chi connectivity index (χ4v) is 0.765. The lowest BCUT2D eigenvalue weighted by atomic mass is 10.2. The summed E-state index contributed by atoms with van der Waals surface area (Å²) < 4.78 is 0. The van der Waals surface area contributed by atoms with Crippen LogP contribution in [-0.4, -0.2) is 4.92 Å². The molecule has 60 valence electrons. The summed E-state index contributed by atoms with van der Waals surface area (Å²) in [5.74, 6) is 0. The summed E-state index contributed by atoms with van der Waals surface area (Å²) in [5, 5.41) is 18.6. The van der Waals surface area contributed by atoms with Crippen molar-refractivity contribution < 1.29 is 4.92 Å². The van der Waals surface area contributed by atoms with Gasteiger partial charge in [0.05, 0.1) is 16.6 Å². The van der Waals surface area contributed by atoms with Gasteiger partial charge < -0.3 is 5.73 Å². The van der Waals surface area contributed by atoms with Crippen molar-refractivity contribution in [2.75, 3.05) is 0 Å². The highest BCUT2D eigenvalue weighted by atomic mass is 16.6. The molecule has 1 rings (SSSR count). The van der Waals surface area contributed by atoms with Gasteiger partial charge in [0, 0.05) is 6.07 Å². The van der Waals surface area contributed by atoms with Crippen LogP contribution in [0.2, 0.25) is 0 Å². The maximum atomic E-state index is 10.2. The van der Waals surface area contributed by atoms with Crippen molar-refractivity contribution in [3.05, 3.63) is 39.6 Å². The normalized spacial score (nSPS) is 8.92. The van der Waals surface area contributed by atoms with E-state index in [1.54, 1.807) is 6.07 Å². The van der Waals surface area contributed by atoms with E-state index in [9.17, 15) is 10.1 Å². The van der Waals surface area contributed by atoms with Gasteiger partial charge in [-0.1, -0.05) is 11.8 Å². The number of nitrogens with zero attached hydrogens (tertiary/aromatic N) is 2. The van der Waals surface area contributed by atoms with Crippen LogP contribution < -0.4 is 0 Å². The number of nitrogens with one attached hydrogen (secondary N) is 1. The summed E-state index contributed by atoms with van der Waals surface area (Å²) >= 11 is 0. The maximum Gasteiger partial charge on any atom is 0.254 e.